The number of thioether (sulfide) groups is 1. The molecule has 0 saturated heterocycles. The molecular formula is C13H15N5OS2. The van der Waals surface area contributed by atoms with E-state index in [-0.39, 0.29) is 17.2 Å². The van der Waals surface area contributed by atoms with Gasteiger partial charge in [0.25, 0.3) is 0 Å². The SMILES string of the molecule is CC(C)n1cnnc1S[C@@H](C)C(=O)Nc1sccc1C#N. The van der Waals surface area contributed by atoms with Crippen LogP contribution in [0.2, 0.25) is 0 Å². The van der Waals surface area contributed by atoms with E-state index in [1.165, 1.54) is 23.1 Å². The van der Waals surface area contributed by atoms with E-state index in [1.54, 1.807) is 24.7 Å². The molecule has 0 bridgehead atoms. The quantitative estimate of drug-likeness (QED) is 0.856. The summed E-state index contributed by atoms with van der Waals surface area (Å²) in [7, 11) is 0. The van der Waals surface area contributed by atoms with E-state index >= 15 is 0 Å². The summed E-state index contributed by atoms with van der Waals surface area (Å²) in [5, 5.41) is 22.4. The fraction of sp³-hybridized carbons (Fsp3) is 0.385. The van der Waals surface area contributed by atoms with Crippen LogP contribution in [0.3, 0.4) is 0 Å². The first-order valence-corrected chi connectivity index (χ1v) is 8.13. The number of nitriles is 1. The van der Waals surface area contributed by atoms with Crippen molar-refractivity contribution in [2.75, 3.05) is 5.32 Å². The summed E-state index contributed by atoms with van der Waals surface area (Å²) >= 11 is 2.69. The van der Waals surface area contributed by atoms with Gasteiger partial charge in [0, 0.05) is 6.04 Å². The molecule has 0 aliphatic carbocycles. The molecule has 21 heavy (non-hydrogen) atoms. The number of hydrogen-bond donors (Lipinski definition) is 1. The second kappa shape index (κ2) is 6.74. The van der Waals surface area contributed by atoms with Gasteiger partial charge in [-0.25, -0.2) is 0 Å². The molecule has 0 aliphatic heterocycles. The topological polar surface area (TPSA) is 83.6 Å². The first kappa shape index (κ1) is 15.5. The summed E-state index contributed by atoms with van der Waals surface area (Å²) in [5.74, 6) is -0.155. The third-order valence-corrected chi connectivity index (χ3v) is 4.67. The Morgan fingerprint density at radius 1 is 1.52 bits per heavy atom. The highest BCUT2D eigenvalue weighted by molar-refractivity contribution is 8.00. The van der Waals surface area contributed by atoms with Crippen LogP contribution in [0.5, 0.6) is 0 Å². The number of carbonyl (C=O) groups is 1. The molecule has 110 valence electrons. The van der Waals surface area contributed by atoms with Crippen LogP contribution in [0.25, 0.3) is 0 Å². The minimum atomic E-state index is -0.333. The van der Waals surface area contributed by atoms with Crippen LogP contribution in [0.1, 0.15) is 32.4 Å². The Morgan fingerprint density at radius 3 is 2.95 bits per heavy atom. The van der Waals surface area contributed by atoms with Crippen molar-refractivity contribution in [2.24, 2.45) is 0 Å². The fourth-order valence-corrected chi connectivity index (χ4v) is 3.29. The molecule has 1 atom stereocenters. The lowest BCUT2D eigenvalue weighted by molar-refractivity contribution is -0.115. The Labute approximate surface area is 131 Å². The van der Waals surface area contributed by atoms with Crippen LogP contribution in [-0.2, 0) is 4.79 Å². The standard InChI is InChI=1S/C13H15N5OS2/c1-8(2)18-7-15-17-13(18)21-9(3)11(19)16-12-10(6-14)4-5-20-12/h4-5,7-9H,1-3H3,(H,16,19)/t9-/m0/s1. The van der Waals surface area contributed by atoms with Crippen LogP contribution in [0, 0.1) is 11.3 Å². The number of anilines is 1. The number of amides is 1. The second-order valence-corrected chi connectivity index (χ2v) is 6.86. The molecule has 2 heterocycles. The fourth-order valence-electron chi connectivity index (χ4n) is 1.59. The van der Waals surface area contributed by atoms with Gasteiger partial charge < -0.3 is 9.88 Å². The van der Waals surface area contributed by atoms with Gasteiger partial charge in [-0.2, -0.15) is 5.26 Å². The number of hydrogen-bond acceptors (Lipinski definition) is 6. The van der Waals surface area contributed by atoms with Gasteiger partial charge in [0.2, 0.25) is 5.91 Å². The molecule has 0 spiro atoms. The average Bonchev–Trinajstić information content (AvgIpc) is 3.07. The zero-order valence-corrected chi connectivity index (χ0v) is 13.5. The number of thiophene rings is 1. The molecular weight excluding hydrogens is 306 g/mol. The lowest BCUT2D eigenvalue weighted by Crippen LogP contribution is -2.22. The van der Waals surface area contributed by atoms with E-state index in [9.17, 15) is 4.79 Å². The lowest BCUT2D eigenvalue weighted by atomic mass is 10.3. The summed E-state index contributed by atoms with van der Waals surface area (Å²) in [6.45, 7) is 5.87. The van der Waals surface area contributed by atoms with Crippen molar-refractivity contribution in [3.8, 4) is 6.07 Å². The van der Waals surface area contributed by atoms with Gasteiger partial charge in [-0.1, -0.05) is 11.8 Å². The van der Waals surface area contributed by atoms with Crippen molar-refractivity contribution >= 4 is 34.0 Å². The van der Waals surface area contributed by atoms with E-state index in [4.69, 9.17) is 5.26 Å². The van der Waals surface area contributed by atoms with Gasteiger partial charge in [-0.15, -0.1) is 21.5 Å². The van der Waals surface area contributed by atoms with Crippen molar-refractivity contribution in [3.63, 3.8) is 0 Å². The maximum atomic E-state index is 12.2. The number of nitrogens with one attached hydrogen (secondary N) is 1. The van der Waals surface area contributed by atoms with Crippen molar-refractivity contribution < 1.29 is 4.79 Å². The smallest absolute Gasteiger partial charge is 0.238 e. The molecule has 2 rings (SSSR count). The number of carbonyl (C=O) groups excluding carboxylic acids is 1. The van der Waals surface area contributed by atoms with Gasteiger partial charge in [0.1, 0.15) is 17.4 Å². The summed E-state index contributed by atoms with van der Waals surface area (Å²) in [4.78, 5) is 12.2. The molecule has 0 radical (unpaired) electrons. The van der Waals surface area contributed by atoms with Crippen LogP contribution >= 0.6 is 23.1 Å². The lowest BCUT2D eigenvalue weighted by Gasteiger charge is -2.13. The Kier molecular flexibility index (Phi) is 4.98. The van der Waals surface area contributed by atoms with Crippen LogP contribution in [0.15, 0.2) is 22.9 Å². The Hall–Kier alpha value is -1.85. The highest BCUT2D eigenvalue weighted by Crippen LogP contribution is 2.26. The van der Waals surface area contributed by atoms with E-state index in [0.717, 1.165) is 0 Å². The normalized spacial score (nSPS) is 12.1. The average molecular weight is 321 g/mol. The van der Waals surface area contributed by atoms with Gasteiger partial charge in [-0.05, 0) is 32.2 Å². The molecule has 1 amide bonds. The summed E-state index contributed by atoms with van der Waals surface area (Å²) in [5.41, 5.74) is 0.482. The summed E-state index contributed by atoms with van der Waals surface area (Å²) < 4.78 is 1.92. The third kappa shape index (κ3) is 3.62. The van der Waals surface area contributed by atoms with Gasteiger partial charge in [-0.3, -0.25) is 4.79 Å². The van der Waals surface area contributed by atoms with E-state index in [0.29, 0.717) is 15.7 Å². The minimum absolute atomic E-state index is 0.155. The molecule has 0 aliphatic rings. The van der Waals surface area contributed by atoms with Crippen LogP contribution < -0.4 is 5.32 Å². The van der Waals surface area contributed by atoms with E-state index < -0.39 is 0 Å². The largest absolute Gasteiger partial charge is 0.316 e. The molecule has 6 nitrogen and oxygen atoms in total. The molecule has 0 fully saturated rings. The van der Waals surface area contributed by atoms with Crippen molar-refractivity contribution in [3.05, 3.63) is 23.3 Å². The number of nitrogens with zero attached hydrogens (tertiary/aromatic N) is 4. The van der Waals surface area contributed by atoms with Crippen molar-refractivity contribution in [1.82, 2.24) is 14.8 Å². The molecule has 0 unspecified atom stereocenters. The predicted molar refractivity (Wildman–Crippen MR) is 83.4 cm³/mol. The Bertz CT molecular complexity index is 670. The number of rotatable bonds is 5. The molecule has 1 N–H and O–H groups in total. The summed E-state index contributed by atoms with van der Waals surface area (Å²) in [6.07, 6.45) is 1.66. The van der Waals surface area contributed by atoms with Crippen LogP contribution in [-0.4, -0.2) is 25.9 Å². The van der Waals surface area contributed by atoms with E-state index in [1.807, 2.05) is 18.4 Å². The Balaban J connectivity index is 2.03. The second-order valence-electron chi connectivity index (χ2n) is 4.64. The third-order valence-electron chi connectivity index (χ3n) is 2.77. The maximum Gasteiger partial charge on any atom is 0.238 e. The highest BCUT2D eigenvalue weighted by Gasteiger charge is 2.20. The van der Waals surface area contributed by atoms with Gasteiger partial charge in [0.05, 0.1) is 10.8 Å². The zero-order chi connectivity index (χ0) is 15.4. The Morgan fingerprint density at radius 2 is 2.29 bits per heavy atom. The molecule has 8 heteroatoms. The van der Waals surface area contributed by atoms with Crippen molar-refractivity contribution in [2.45, 2.75) is 37.2 Å². The number of aromatic nitrogens is 3. The molecule has 2 aromatic rings. The highest BCUT2D eigenvalue weighted by atomic mass is 32.2. The monoisotopic (exact) mass is 321 g/mol. The minimum Gasteiger partial charge on any atom is -0.316 e. The van der Waals surface area contributed by atoms with Gasteiger partial charge >= 0.3 is 0 Å². The zero-order valence-electron chi connectivity index (χ0n) is 11.9. The summed E-state index contributed by atoms with van der Waals surface area (Å²) in [6, 6.07) is 3.98. The maximum absolute atomic E-state index is 12.2. The molecule has 0 aromatic carbocycles. The van der Waals surface area contributed by atoms with Crippen LogP contribution in [0.4, 0.5) is 5.00 Å². The first-order chi connectivity index (χ1) is 10.0. The van der Waals surface area contributed by atoms with Gasteiger partial charge in [0.15, 0.2) is 5.16 Å². The molecule has 0 saturated carbocycles. The first-order valence-electron chi connectivity index (χ1n) is 6.37. The van der Waals surface area contributed by atoms with E-state index in [2.05, 4.69) is 21.6 Å². The molecule has 2 aromatic heterocycles. The predicted octanol–water partition coefficient (Wildman–Crippen LogP) is 2.91. The van der Waals surface area contributed by atoms with Crippen molar-refractivity contribution in [1.29, 1.82) is 5.26 Å².